The zero-order valence-electron chi connectivity index (χ0n) is 12.3. The first-order valence-corrected chi connectivity index (χ1v) is 9.43. The summed E-state index contributed by atoms with van der Waals surface area (Å²) in [7, 11) is 0. The van der Waals surface area contributed by atoms with E-state index < -0.39 is 0 Å². The summed E-state index contributed by atoms with van der Waals surface area (Å²) in [6.07, 6.45) is 1.85. The van der Waals surface area contributed by atoms with E-state index in [9.17, 15) is 4.79 Å². The second-order valence-electron chi connectivity index (χ2n) is 5.01. The molecule has 2 aromatic rings. The number of nitrogens with zero attached hydrogens (tertiary/aromatic N) is 1. The van der Waals surface area contributed by atoms with Gasteiger partial charge in [0, 0.05) is 15.2 Å². The van der Waals surface area contributed by atoms with Crippen LogP contribution in [-0.4, -0.2) is 21.8 Å². The number of amides is 1. The minimum absolute atomic E-state index is 0.0977. The van der Waals surface area contributed by atoms with E-state index in [2.05, 4.69) is 21.2 Å². The van der Waals surface area contributed by atoms with Crippen LogP contribution < -0.4 is 5.32 Å². The van der Waals surface area contributed by atoms with E-state index in [-0.39, 0.29) is 5.91 Å². The van der Waals surface area contributed by atoms with Crippen molar-refractivity contribution >= 4 is 73.5 Å². The number of benzene rings is 2. The molecule has 1 aliphatic heterocycles. The summed E-state index contributed by atoms with van der Waals surface area (Å²) < 4.78 is 1.50. The van der Waals surface area contributed by atoms with Crippen molar-refractivity contribution in [1.82, 2.24) is 4.90 Å². The summed E-state index contributed by atoms with van der Waals surface area (Å²) in [4.78, 5) is 14.7. The molecule has 0 spiro atoms. The van der Waals surface area contributed by atoms with Crippen LogP contribution >= 0.6 is 51.5 Å². The Hall–Kier alpha value is -1.34. The predicted molar refractivity (Wildman–Crippen MR) is 109 cm³/mol. The van der Waals surface area contributed by atoms with Crippen molar-refractivity contribution in [1.29, 1.82) is 0 Å². The van der Waals surface area contributed by atoms with Crippen molar-refractivity contribution < 1.29 is 4.79 Å². The minimum Gasteiger partial charge on any atom is -0.367 e. The lowest BCUT2D eigenvalue weighted by molar-refractivity contribution is -0.121. The van der Waals surface area contributed by atoms with Crippen molar-refractivity contribution in [2.24, 2.45) is 0 Å². The lowest BCUT2D eigenvalue weighted by Gasteiger charge is -2.16. The van der Waals surface area contributed by atoms with Crippen molar-refractivity contribution in [2.75, 3.05) is 12.0 Å². The third-order valence-corrected chi connectivity index (χ3v) is 5.39. The fourth-order valence-electron chi connectivity index (χ4n) is 2.15. The van der Waals surface area contributed by atoms with Crippen LogP contribution in [0.3, 0.4) is 0 Å². The van der Waals surface area contributed by atoms with E-state index in [1.54, 1.807) is 17.0 Å². The molecule has 0 unspecified atom stereocenters. The maximum absolute atomic E-state index is 12.6. The molecule has 2 aromatic carbocycles. The standard InChI is InChI=1S/C17H12BrClN2OS2/c18-12-4-1-3-11(7-12)8-15-16(22)21(17(23)24-15)10-20-14-6-2-5-13(19)9-14/h1-9,20H,10H2/b15-8+. The quantitative estimate of drug-likeness (QED) is 0.512. The number of carbonyl (C=O) groups excluding carboxylic acids is 1. The van der Waals surface area contributed by atoms with E-state index in [1.807, 2.05) is 42.5 Å². The molecule has 0 atom stereocenters. The van der Waals surface area contributed by atoms with Crippen LogP contribution in [0.4, 0.5) is 5.69 Å². The van der Waals surface area contributed by atoms with E-state index in [0.29, 0.717) is 20.9 Å². The molecule has 122 valence electrons. The number of thioether (sulfide) groups is 1. The average Bonchev–Trinajstić information content (AvgIpc) is 2.79. The Morgan fingerprint density at radius 3 is 2.79 bits per heavy atom. The molecule has 3 nitrogen and oxygen atoms in total. The molecule has 1 saturated heterocycles. The Morgan fingerprint density at radius 1 is 1.25 bits per heavy atom. The molecule has 1 aliphatic rings. The first-order chi connectivity index (χ1) is 11.5. The molecule has 3 rings (SSSR count). The smallest absolute Gasteiger partial charge is 0.267 e. The summed E-state index contributed by atoms with van der Waals surface area (Å²) in [6.45, 7) is 0.306. The predicted octanol–water partition coefficient (Wildman–Crippen LogP) is 5.37. The molecule has 1 fully saturated rings. The van der Waals surface area contributed by atoms with Gasteiger partial charge in [0.25, 0.3) is 5.91 Å². The molecule has 0 aromatic heterocycles. The van der Waals surface area contributed by atoms with Gasteiger partial charge in [0.1, 0.15) is 4.32 Å². The Kier molecular flexibility index (Phi) is 5.61. The number of nitrogens with one attached hydrogen (secondary N) is 1. The topological polar surface area (TPSA) is 32.3 Å². The number of carbonyl (C=O) groups is 1. The third kappa shape index (κ3) is 4.19. The maximum atomic E-state index is 12.6. The normalized spacial score (nSPS) is 16.1. The van der Waals surface area contributed by atoms with Gasteiger partial charge in [-0.25, -0.2) is 0 Å². The van der Waals surface area contributed by atoms with Crippen LogP contribution in [0.1, 0.15) is 5.56 Å². The number of anilines is 1. The first kappa shape index (κ1) is 17.5. The Labute approximate surface area is 163 Å². The van der Waals surface area contributed by atoms with E-state index >= 15 is 0 Å². The Morgan fingerprint density at radius 2 is 2.04 bits per heavy atom. The number of rotatable bonds is 4. The number of thiocarbonyl (C=S) groups is 1. The van der Waals surface area contributed by atoms with Gasteiger partial charge in [0.05, 0.1) is 11.6 Å². The van der Waals surface area contributed by atoms with E-state index in [4.69, 9.17) is 23.8 Å². The van der Waals surface area contributed by atoms with Crippen LogP contribution in [0.2, 0.25) is 5.02 Å². The summed E-state index contributed by atoms with van der Waals surface area (Å²) in [5, 5.41) is 3.81. The fourth-order valence-corrected chi connectivity index (χ4v) is 4.02. The number of hydrogen-bond acceptors (Lipinski definition) is 4. The highest BCUT2D eigenvalue weighted by molar-refractivity contribution is 9.10. The first-order valence-electron chi connectivity index (χ1n) is 7.03. The molecule has 1 N–H and O–H groups in total. The van der Waals surface area contributed by atoms with Crippen LogP contribution in [0.5, 0.6) is 0 Å². The lowest BCUT2D eigenvalue weighted by atomic mass is 10.2. The Bertz CT molecular complexity index is 841. The fraction of sp³-hybridized carbons (Fsp3) is 0.0588. The maximum Gasteiger partial charge on any atom is 0.267 e. The molecular formula is C17H12BrClN2OS2. The van der Waals surface area contributed by atoms with Crippen molar-refractivity contribution in [3.05, 3.63) is 68.5 Å². The largest absolute Gasteiger partial charge is 0.367 e. The van der Waals surface area contributed by atoms with Gasteiger partial charge in [-0.1, -0.05) is 69.7 Å². The Balaban J connectivity index is 1.72. The third-order valence-electron chi connectivity index (χ3n) is 3.29. The van der Waals surface area contributed by atoms with Crippen molar-refractivity contribution in [3.63, 3.8) is 0 Å². The van der Waals surface area contributed by atoms with Gasteiger partial charge >= 0.3 is 0 Å². The molecule has 0 saturated carbocycles. The lowest BCUT2D eigenvalue weighted by Crippen LogP contribution is -2.33. The van der Waals surface area contributed by atoms with Gasteiger partial charge in [-0.05, 0) is 42.0 Å². The second kappa shape index (κ2) is 7.70. The molecule has 1 amide bonds. The SMILES string of the molecule is O=C1/C(=C\c2cccc(Br)c2)SC(=S)N1CNc1cccc(Cl)c1. The highest BCUT2D eigenvalue weighted by atomic mass is 79.9. The van der Waals surface area contributed by atoms with Crippen molar-refractivity contribution in [3.8, 4) is 0 Å². The summed E-state index contributed by atoms with van der Waals surface area (Å²) >= 11 is 16.0. The van der Waals surface area contributed by atoms with Gasteiger partial charge in [-0.2, -0.15) is 0 Å². The van der Waals surface area contributed by atoms with Gasteiger partial charge in [0.2, 0.25) is 0 Å². The van der Waals surface area contributed by atoms with Crippen LogP contribution in [0.25, 0.3) is 6.08 Å². The number of hydrogen-bond donors (Lipinski definition) is 1. The monoisotopic (exact) mass is 438 g/mol. The second-order valence-corrected chi connectivity index (χ2v) is 8.04. The van der Waals surface area contributed by atoms with Gasteiger partial charge < -0.3 is 5.32 Å². The molecular weight excluding hydrogens is 428 g/mol. The van der Waals surface area contributed by atoms with E-state index in [0.717, 1.165) is 15.7 Å². The minimum atomic E-state index is -0.0977. The highest BCUT2D eigenvalue weighted by Crippen LogP contribution is 2.32. The zero-order valence-corrected chi connectivity index (χ0v) is 16.3. The van der Waals surface area contributed by atoms with Crippen LogP contribution in [0.15, 0.2) is 57.9 Å². The molecule has 24 heavy (non-hydrogen) atoms. The molecule has 7 heteroatoms. The highest BCUT2D eigenvalue weighted by Gasteiger charge is 2.31. The van der Waals surface area contributed by atoms with Crippen molar-refractivity contribution in [2.45, 2.75) is 0 Å². The van der Waals surface area contributed by atoms with Gasteiger partial charge in [-0.15, -0.1) is 0 Å². The summed E-state index contributed by atoms with van der Waals surface area (Å²) in [5.41, 5.74) is 1.79. The molecule has 0 radical (unpaired) electrons. The zero-order chi connectivity index (χ0) is 17.1. The van der Waals surface area contributed by atoms with Gasteiger partial charge in [-0.3, -0.25) is 9.69 Å². The molecule has 1 heterocycles. The average molecular weight is 440 g/mol. The summed E-state index contributed by atoms with van der Waals surface area (Å²) in [6, 6.07) is 15.1. The van der Waals surface area contributed by atoms with E-state index in [1.165, 1.54) is 11.8 Å². The molecule has 0 bridgehead atoms. The van der Waals surface area contributed by atoms with Crippen LogP contribution in [0, 0.1) is 0 Å². The summed E-state index contributed by atoms with van der Waals surface area (Å²) in [5.74, 6) is -0.0977. The molecule has 0 aliphatic carbocycles. The van der Waals surface area contributed by atoms with Crippen LogP contribution in [-0.2, 0) is 4.79 Å². The van der Waals surface area contributed by atoms with Gasteiger partial charge in [0.15, 0.2) is 0 Å². The number of halogens is 2.